The zero-order valence-electron chi connectivity index (χ0n) is 14.5. The van der Waals surface area contributed by atoms with Gasteiger partial charge < -0.3 is 14.2 Å². The average Bonchev–Trinajstić information content (AvgIpc) is 2.23. The molecule has 0 spiro atoms. The van der Waals surface area contributed by atoms with E-state index in [2.05, 4.69) is 0 Å². The van der Waals surface area contributed by atoms with Gasteiger partial charge in [-0.3, -0.25) is 0 Å². The fraction of sp³-hybridized carbons (Fsp3) is 0.750. The molecule has 0 unspecified atom stereocenters. The van der Waals surface area contributed by atoms with E-state index in [9.17, 15) is 9.59 Å². The molecule has 6 heteroatoms. The van der Waals surface area contributed by atoms with Crippen molar-refractivity contribution in [2.45, 2.75) is 78.2 Å². The van der Waals surface area contributed by atoms with Crippen LogP contribution in [-0.2, 0) is 14.2 Å². The lowest BCUT2D eigenvalue weighted by atomic mass is 10.1. The number of hydrogen-bond acceptors (Lipinski definition) is 5. The second kappa shape index (κ2) is 6.58. The van der Waals surface area contributed by atoms with Gasteiger partial charge in [-0.1, -0.05) is 0 Å². The van der Waals surface area contributed by atoms with Crippen LogP contribution >= 0.6 is 0 Å². The van der Waals surface area contributed by atoms with Crippen LogP contribution in [0.15, 0.2) is 12.3 Å². The number of amides is 2. The first kappa shape index (κ1) is 18.3. The quantitative estimate of drug-likeness (QED) is 0.735. The van der Waals surface area contributed by atoms with Crippen LogP contribution in [-0.4, -0.2) is 40.4 Å². The van der Waals surface area contributed by atoms with Crippen LogP contribution in [0.1, 0.15) is 54.9 Å². The van der Waals surface area contributed by atoms with Gasteiger partial charge in [0.2, 0.25) is 0 Å². The largest absolute Gasteiger partial charge is 0.498 e. The number of carbonyl (C=O) groups is 2. The van der Waals surface area contributed by atoms with Gasteiger partial charge in [-0.15, -0.1) is 0 Å². The summed E-state index contributed by atoms with van der Waals surface area (Å²) in [7, 11) is 0. The predicted molar refractivity (Wildman–Crippen MR) is 82.4 cm³/mol. The van der Waals surface area contributed by atoms with Gasteiger partial charge in [0.05, 0.1) is 18.4 Å². The first-order valence-electron chi connectivity index (χ1n) is 7.46. The van der Waals surface area contributed by atoms with Crippen molar-refractivity contribution in [1.82, 2.24) is 4.90 Å². The van der Waals surface area contributed by atoms with Crippen molar-refractivity contribution in [2.75, 3.05) is 0 Å². The minimum absolute atomic E-state index is 0.0950. The maximum Gasteiger partial charge on any atom is 0.420 e. The van der Waals surface area contributed by atoms with Crippen molar-refractivity contribution in [3.05, 3.63) is 12.3 Å². The SMILES string of the molecule is C[C@@H]1C[C@@H](N(C(=O)OC(C)(C)C)C(=O)OC(C)(C)C)C=CO1. The summed E-state index contributed by atoms with van der Waals surface area (Å²) in [5.41, 5.74) is -1.39. The van der Waals surface area contributed by atoms with Gasteiger partial charge in [0.25, 0.3) is 0 Å². The topological polar surface area (TPSA) is 65.1 Å². The van der Waals surface area contributed by atoms with Gasteiger partial charge in [0, 0.05) is 6.42 Å². The van der Waals surface area contributed by atoms with Crippen LogP contribution in [0.4, 0.5) is 9.59 Å². The first-order valence-corrected chi connectivity index (χ1v) is 7.46. The lowest BCUT2D eigenvalue weighted by molar-refractivity contribution is -0.00976. The molecule has 0 fully saturated rings. The number of hydrogen-bond donors (Lipinski definition) is 0. The second-order valence-electron chi connectivity index (χ2n) is 7.41. The molecule has 126 valence electrons. The summed E-state index contributed by atoms with van der Waals surface area (Å²) in [6.07, 6.45) is 2.13. The van der Waals surface area contributed by atoms with Gasteiger partial charge in [-0.25, -0.2) is 14.5 Å². The summed E-state index contributed by atoms with van der Waals surface area (Å²) < 4.78 is 16.0. The summed E-state index contributed by atoms with van der Waals surface area (Å²) in [6, 6.07) is -0.451. The molecule has 0 N–H and O–H groups in total. The van der Waals surface area contributed by atoms with Crippen LogP contribution in [0.3, 0.4) is 0 Å². The Balaban J connectivity index is 2.99. The van der Waals surface area contributed by atoms with Crippen molar-refractivity contribution in [1.29, 1.82) is 0 Å². The smallest absolute Gasteiger partial charge is 0.420 e. The van der Waals surface area contributed by atoms with E-state index in [1.165, 1.54) is 6.26 Å². The molecule has 0 aromatic carbocycles. The zero-order valence-corrected chi connectivity index (χ0v) is 14.5. The highest BCUT2D eigenvalue weighted by molar-refractivity contribution is 5.89. The van der Waals surface area contributed by atoms with E-state index in [0.29, 0.717) is 6.42 Å². The summed E-state index contributed by atoms with van der Waals surface area (Å²) in [4.78, 5) is 25.9. The predicted octanol–water partition coefficient (Wildman–Crippen LogP) is 3.85. The van der Waals surface area contributed by atoms with E-state index in [-0.39, 0.29) is 6.10 Å². The van der Waals surface area contributed by atoms with Crippen LogP contribution in [0.5, 0.6) is 0 Å². The molecule has 1 aliphatic rings. The van der Waals surface area contributed by atoms with E-state index in [0.717, 1.165) is 4.90 Å². The molecule has 2 amide bonds. The van der Waals surface area contributed by atoms with E-state index in [1.54, 1.807) is 47.6 Å². The molecule has 0 aromatic heterocycles. The Kier molecular flexibility index (Phi) is 5.49. The Morgan fingerprint density at radius 3 is 1.86 bits per heavy atom. The Hall–Kier alpha value is -1.72. The third-order valence-corrected chi connectivity index (χ3v) is 2.70. The summed E-state index contributed by atoms with van der Waals surface area (Å²) in [6.45, 7) is 12.4. The van der Waals surface area contributed by atoms with E-state index < -0.39 is 29.4 Å². The number of carbonyl (C=O) groups excluding carboxylic acids is 2. The third kappa shape index (κ3) is 5.95. The van der Waals surface area contributed by atoms with Crippen LogP contribution in [0.25, 0.3) is 0 Å². The minimum Gasteiger partial charge on any atom is -0.498 e. The van der Waals surface area contributed by atoms with Crippen molar-refractivity contribution in [3.8, 4) is 0 Å². The van der Waals surface area contributed by atoms with E-state index in [4.69, 9.17) is 14.2 Å². The van der Waals surface area contributed by atoms with Gasteiger partial charge in [-0.2, -0.15) is 0 Å². The molecule has 1 aliphatic heterocycles. The summed E-state index contributed by atoms with van der Waals surface area (Å²) in [5, 5.41) is 0. The molecule has 1 heterocycles. The normalized spacial score (nSPS) is 21.8. The maximum absolute atomic E-state index is 12.4. The molecule has 2 atom stereocenters. The Labute approximate surface area is 132 Å². The third-order valence-electron chi connectivity index (χ3n) is 2.70. The standard InChI is InChI=1S/C16H27NO5/c1-11-10-12(8-9-20-11)17(13(18)21-15(2,3)4)14(19)22-16(5,6)7/h8-9,11-12H,10H2,1-7H3/t11-,12+/m1/s1. The fourth-order valence-corrected chi connectivity index (χ4v) is 1.90. The maximum atomic E-state index is 12.4. The Morgan fingerprint density at radius 2 is 1.50 bits per heavy atom. The van der Waals surface area contributed by atoms with Gasteiger partial charge in [0.1, 0.15) is 11.2 Å². The van der Waals surface area contributed by atoms with Crippen molar-refractivity contribution < 1.29 is 23.8 Å². The molecule has 0 aromatic rings. The van der Waals surface area contributed by atoms with Crippen LogP contribution < -0.4 is 0 Å². The number of imide groups is 1. The Bertz CT molecular complexity index is 416. The molecule has 0 bridgehead atoms. The van der Waals surface area contributed by atoms with Crippen LogP contribution in [0.2, 0.25) is 0 Å². The van der Waals surface area contributed by atoms with Gasteiger partial charge in [0.15, 0.2) is 0 Å². The molecule has 0 aliphatic carbocycles. The molecule has 0 radical (unpaired) electrons. The number of rotatable bonds is 1. The lowest BCUT2D eigenvalue weighted by Gasteiger charge is -2.34. The van der Waals surface area contributed by atoms with Crippen molar-refractivity contribution >= 4 is 12.2 Å². The summed E-state index contributed by atoms with van der Waals surface area (Å²) in [5.74, 6) is 0. The molecular formula is C16H27NO5. The van der Waals surface area contributed by atoms with Crippen molar-refractivity contribution in [2.24, 2.45) is 0 Å². The average molecular weight is 313 g/mol. The number of ether oxygens (including phenoxy) is 3. The molecule has 0 saturated carbocycles. The minimum atomic E-state index is -0.717. The number of nitrogens with zero attached hydrogens (tertiary/aromatic N) is 1. The molecule has 22 heavy (non-hydrogen) atoms. The zero-order chi connectivity index (χ0) is 17.1. The van der Waals surface area contributed by atoms with Gasteiger partial charge >= 0.3 is 12.2 Å². The van der Waals surface area contributed by atoms with Gasteiger partial charge in [-0.05, 0) is 54.5 Å². The highest BCUT2D eigenvalue weighted by Crippen LogP contribution is 2.22. The van der Waals surface area contributed by atoms with E-state index >= 15 is 0 Å². The van der Waals surface area contributed by atoms with E-state index in [1.807, 2.05) is 6.92 Å². The molecule has 1 rings (SSSR count). The molecular weight excluding hydrogens is 286 g/mol. The Morgan fingerprint density at radius 1 is 1.05 bits per heavy atom. The van der Waals surface area contributed by atoms with Crippen LogP contribution in [0, 0.1) is 0 Å². The molecule has 0 saturated heterocycles. The summed E-state index contributed by atoms with van der Waals surface area (Å²) >= 11 is 0. The lowest BCUT2D eigenvalue weighted by Crippen LogP contribution is -2.49. The highest BCUT2D eigenvalue weighted by Gasteiger charge is 2.37. The fourth-order valence-electron chi connectivity index (χ4n) is 1.90. The highest BCUT2D eigenvalue weighted by atomic mass is 16.6. The second-order valence-corrected chi connectivity index (χ2v) is 7.41. The van der Waals surface area contributed by atoms with Crippen molar-refractivity contribution in [3.63, 3.8) is 0 Å². The monoisotopic (exact) mass is 313 g/mol. The first-order chi connectivity index (χ1) is 9.89. The molecule has 6 nitrogen and oxygen atoms in total.